The molecule has 57 heavy (non-hydrogen) atoms. The molecule has 2 aromatic heterocycles. The van der Waals surface area contributed by atoms with E-state index in [9.17, 15) is 22.8 Å². The molecule has 1 atom stereocenters. The molecule has 304 valence electrons. The second-order valence-electron chi connectivity index (χ2n) is 14.4. The second-order valence-corrected chi connectivity index (χ2v) is 16.4. The number of halogens is 2. The monoisotopic (exact) mass is 811 g/mol. The van der Waals surface area contributed by atoms with Gasteiger partial charge in [-0.2, -0.15) is 5.10 Å². The Morgan fingerprint density at radius 2 is 1.72 bits per heavy atom. The average Bonchev–Trinajstić information content (AvgIpc) is 3.83. The molecule has 0 bridgehead atoms. The molecule has 5 aromatic rings. The summed E-state index contributed by atoms with van der Waals surface area (Å²) in [4.78, 5) is 43.6. The molecule has 0 aliphatic heterocycles. The number of carbonyl (C=O) groups excluding carboxylic acids is 3. The molecule has 1 unspecified atom stereocenters. The topological polar surface area (TPSA) is 169 Å². The van der Waals surface area contributed by atoms with Gasteiger partial charge in [-0.25, -0.2) is 31.7 Å². The summed E-state index contributed by atoms with van der Waals surface area (Å²) >= 11 is 0. The van der Waals surface area contributed by atoms with Gasteiger partial charge in [-0.05, 0) is 81.0 Å². The highest BCUT2D eigenvalue weighted by Gasteiger charge is 2.36. The molecule has 5 rings (SSSR count). The number of esters is 2. The van der Waals surface area contributed by atoms with Gasteiger partial charge < -0.3 is 23.9 Å². The first-order valence-corrected chi connectivity index (χ1v) is 20.0. The number of aryl methyl sites for hydroxylation is 1. The molecule has 0 spiro atoms. The number of sulfone groups is 1. The molecular formula is C41H46F2N4O9S. The Hall–Kier alpha value is -5.64. The van der Waals surface area contributed by atoms with Crippen molar-refractivity contribution in [2.45, 2.75) is 59.3 Å². The summed E-state index contributed by atoms with van der Waals surface area (Å²) in [6.45, 7) is 5.26. The molecule has 0 fully saturated rings. The van der Waals surface area contributed by atoms with Crippen molar-refractivity contribution < 1.29 is 54.6 Å². The Morgan fingerprint density at radius 3 is 2.44 bits per heavy atom. The van der Waals surface area contributed by atoms with E-state index in [-0.39, 0.29) is 53.8 Å². The molecule has 13 nitrogen and oxygen atoms in total. The van der Waals surface area contributed by atoms with Crippen LogP contribution in [0.15, 0.2) is 60.8 Å². The third-order valence-electron chi connectivity index (χ3n) is 9.34. The Morgan fingerprint density at radius 1 is 0.965 bits per heavy atom. The van der Waals surface area contributed by atoms with E-state index in [0.717, 1.165) is 18.2 Å². The zero-order chi connectivity index (χ0) is 44.0. The van der Waals surface area contributed by atoms with Crippen LogP contribution in [-0.2, 0) is 41.3 Å². The average molecular weight is 812 g/mol. The van der Waals surface area contributed by atoms with E-state index in [1.165, 1.54) is 12.3 Å². The van der Waals surface area contributed by atoms with Crippen molar-refractivity contribution in [3.8, 4) is 28.6 Å². The van der Waals surface area contributed by atoms with E-state index < -0.39 is 75.1 Å². The minimum Gasteiger partial charge on any atom is -0.482 e. The number of aldehydes is 1. The first-order chi connectivity index (χ1) is 28.2. The normalized spacial score (nSPS) is 13.9. The van der Waals surface area contributed by atoms with Crippen molar-refractivity contribution in [3.63, 3.8) is 0 Å². The van der Waals surface area contributed by atoms with E-state index in [0.29, 0.717) is 40.3 Å². The molecule has 0 radical (unpaired) electrons. The Kier molecular flexibility index (Phi) is 11.8. The number of nitrogens with zero attached hydrogens (tertiary/aromatic N) is 3. The lowest BCUT2D eigenvalue weighted by Crippen LogP contribution is -2.30. The highest BCUT2D eigenvalue weighted by molar-refractivity contribution is 7.92. The minimum atomic E-state index is -3.85. The third kappa shape index (κ3) is 10.2. The zero-order valence-corrected chi connectivity index (χ0v) is 33.0. The highest BCUT2D eigenvalue weighted by atomic mass is 32.2. The number of H-pyrrole nitrogens is 1. The molecule has 0 aliphatic rings. The van der Waals surface area contributed by atoms with Crippen LogP contribution in [0.2, 0.25) is 0 Å². The largest absolute Gasteiger partial charge is 0.482 e. The summed E-state index contributed by atoms with van der Waals surface area (Å²) in [5.41, 5.74) is -1.69. The van der Waals surface area contributed by atoms with Gasteiger partial charge in [0.05, 0.1) is 35.5 Å². The van der Waals surface area contributed by atoms with Crippen molar-refractivity contribution in [2.24, 2.45) is 12.4 Å². The van der Waals surface area contributed by atoms with E-state index in [1.54, 1.807) is 65.0 Å². The molecule has 16 heteroatoms. The standard InChI is InChI=1S/C41H46F2N4O9S/c1-7-53-35(49)23-55-27-12-9-11-26(19-27)41(5,17-10-16-40(3,4)25-57(51,52)24-36(50)54-8-2)39-45-38(47(6)46-39)30-20-28(13-14-32(30)42)56-37-31(22-48)29-15-18-44-34(29)21-33(37)43/h9,11-15,18-22,44H,7-8,10,16-17,23-25H2,1-6H3/i6D3. The van der Waals surface area contributed by atoms with Gasteiger partial charge in [-0.15, -0.1) is 0 Å². The molecule has 1 N–H and O–H groups in total. The molecule has 0 amide bonds. The number of hydrogen-bond donors (Lipinski definition) is 1. The van der Waals surface area contributed by atoms with Gasteiger partial charge in [0.15, 0.2) is 45.9 Å². The SMILES string of the molecule is [2H]C([2H])([2H])n1nc(C(C)(CCCC(C)(C)CS(=O)(=O)CC(=O)OCC)c2cccc(OCC(=O)OCC)c2)nc1-c1cc(Oc2c(F)cc3[nH]ccc3c2C=O)ccc1F. The van der Waals surface area contributed by atoms with Crippen LogP contribution in [0.5, 0.6) is 17.2 Å². The molecule has 2 heterocycles. The highest BCUT2D eigenvalue weighted by Crippen LogP contribution is 2.40. The summed E-state index contributed by atoms with van der Waals surface area (Å²) in [5, 5.41) is 4.83. The number of rotatable bonds is 19. The fourth-order valence-corrected chi connectivity index (χ4v) is 8.54. The van der Waals surface area contributed by atoms with Crippen LogP contribution in [0.1, 0.15) is 79.7 Å². The number of aromatic nitrogens is 4. The van der Waals surface area contributed by atoms with Crippen LogP contribution >= 0.6 is 0 Å². The van der Waals surface area contributed by atoms with Crippen molar-refractivity contribution >= 4 is 39.0 Å². The van der Waals surface area contributed by atoms with Gasteiger partial charge in [-0.3, -0.25) is 9.59 Å². The minimum absolute atomic E-state index is 0.0397. The van der Waals surface area contributed by atoms with Crippen LogP contribution < -0.4 is 9.47 Å². The van der Waals surface area contributed by atoms with Gasteiger partial charge in [0.1, 0.15) is 23.1 Å². The maximum Gasteiger partial charge on any atom is 0.344 e. The second kappa shape index (κ2) is 17.7. The van der Waals surface area contributed by atoms with Crippen molar-refractivity contribution in [1.82, 2.24) is 19.7 Å². The first-order valence-electron chi connectivity index (χ1n) is 19.7. The summed E-state index contributed by atoms with van der Waals surface area (Å²) in [6, 6.07) is 12.6. The van der Waals surface area contributed by atoms with E-state index in [4.69, 9.17) is 23.1 Å². The Bertz CT molecular complexity index is 2490. The molecule has 0 saturated heterocycles. The number of aromatic amines is 1. The Labute approximate surface area is 333 Å². The van der Waals surface area contributed by atoms with Crippen molar-refractivity contribution in [3.05, 3.63) is 89.4 Å². The van der Waals surface area contributed by atoms with Crippen molar-refractivity contribution in [1.29, 1.82) is 0 Å². The molecule has 0 aliphatic carbocycles. The number of hydrogen-bond acceptors (Lipinski definition) is 11. The van der Waals surface area contributed by atoms with Crippen molar-refractivity contribution in [2.75, 3.05) is 31.3 Å². The van der Waals surface area contributed by atoms with Gasteiger partial charge >= 0.3 is 11.9 Å². The number of ether oxygens (including phenoxy) is 4. The summed E-state index contributed by atoms with van der Waals surface area (Å²) in [6.07, 6.45) is 2.80. The maximum atomic E-state index is 15.8. The smallest absolute Gasteiger partial charge is 0.344 e. The summed E-state index contributed by atoms with van der Waals surface area (Å²) in [5.74, 6) is -5.10. The predicted molar refractivity (Wildman–Crippen MR) is 208 cm³/mol. The van der Waals surface area contributed by atoms with E-state index in [2.05, 4.69) is 15.1 Å². The molecule has 0 saturated carbocycles. The first kappa shape index (κ1) is 38.2. The predicted octanol–water partition coefficient (Wildman–Crippen LogP) is 7.27. The van der Waals surface area contributed by atoms with Gasteiger partial charge in [-0.1, -0.05) is 32.4 Å². The zero-order valence-electron chi connectivity index (χ0n) is 35.2. The molecule has 3 aromatic carbocycles. The number of nitrogens with one attached hydrogen (secondary N) is 1. The summed E-state index contributed by atoms with van der Waals surface area (Å²) < 4.78 is 104. The van der Waals surface area contributed by atoms with Crippen LogP contribution in [0.4, 0.5) is 8.78 Å². The lowest BCUT2D eigenvalue weighted by Gasteiger charge is -2.30. The lowest BCUT2D eigenvalue weighted by atomic mass is 9.75. The van der Waals surface area contributed by atoms with Crippen LogP contribution in [-0.4, -0.2) is 77.7 Å². The van der Waals surface area contributed by atoms with Gasteiger partial charge in [0.2, 0.25) is 0 Å². The number of fused-ring (bicyclic) bond motifs is 1. The quantitative estimate of drug-likeness (QED) is 0.0658. The number of carbonyl (C=O) groups is 3. The molecular weight excluding hydrogens is 763 g/mol. The van der Waals surface area contributed by atoms with Crippen LogP contribution in [0.25, 0.3) is 22.3 Å². The van der Waals surface area contributed by atoms with Crippen LogP contribution in [0, 0.1) is 17.0 Å². The van der Waals surface area contributed by atoms with E-state index >= 15 is 8.78 Å². The third-order valence-corrected chi connectivity index (χ3v) is 11.2. The maximum absolute atomic E-state index is 15.8. The Balaban J connectivity index is 1.56. The summed E-state index contributed by atoms with van der Waals surface area (Å²) in [7, 11) is -3.85. The van der Waals surface area contributed by atoms with E-state index in [1.807, 2.05) is 0 Å². The van der Waals surface area contributed by atoms with Gasteiger partial charge in [0, 0.05) is 34.3 Å². The van der Waals surface area contributed by atoms with Crippen LogP contribution in [0.3, 0.4) is 0 Å². The fourth-order valence-electron chi connectivity index (χ4n) is 6.66. The van der Waals surface area contributed by atoms with Gasteiger partial charge in [0.25, 0.3) is 0 Å². The lowest BCUT2D eigenvalue weighted by molar-refractivity contribution is -0.145. The fraction of sp³-hybridized carbons (Fsp3) is 0.390. The number of benzene rings is 3.